The fourth-order valence-corrected chi connectivity index (χ4v) is 3.76. The highest BCUT2D eigenvalue weighted by molar-refractivity contribution is 5.96. The van der Waals surface area contributed by atoms with Crippen molar-refractivity contribution in [1.82, 2.24) is 14.5 Å². The molecule has 1 amide bonds. The Labute approximate surface area is 198 Å². The van der Waals surface area contributed by atoms with Crippen LogP contribution in [0.3, 0.4) is 0 Å². The highest BCUT2D eigenvalue weighted by atomic mass is 16.5. The average molecular weight is 466 g/mol. The van der Waals surface area contributed by atoms with E-state index in [2.05, 4.69) is 4.98 Å². The molecular formula is C25H31N5O4. The predicted octanol–water partition coefficient (Wildman–Crippen LogP) is 1.67. The molecule has 0 spiro atoms. The molecule has 9 nitrogen and oxygen atoms in total. The zero-order valence-electron chi connectivity index (χ0n) is 19.6. The third-order valence-corrected chi connectivity index (χ3v) is 5.40. The Hall–Kier alpha value is -3.69. The van der Waals surface area contributed by atoms with E-state index in [4.69, 9.17) is 10.5 Å². The third kappa shape index (κ3) is 6.43. The number of nitrogen functional groups attached to an aromatic ring is 1. The summed E-state index contributed by atoms with van der Waals surface area (Å²) in [5.74, 6) is -0.342. The Kier molecular flexibility index (Phi) is 8.78. The van der Waals surface area contributed by atoms with Crippen molar-refractivity contribution < 1.29 is 9.53 Å². The normalized spacial score (nSPS) is 11.0. The van der Waals surface area contributed by atoms with E-state index >= 15 is 0 Å². The van der Waals surface area contributed by atoms with Crippen LogP contribution in [-0.2, 0) is 22.6 Å². The Bertz CT molecular complexity index is 1190. The van der Waals surface area contributed by atoms with E-state index in [-0.39, 0.29) is 37.0 Å². The molecule has 3 aromatic rings. The molecule has 2 aromatic carbocycles. The van der Waals surface area contributed by atoms with E-state index in [1.807, 2.05) is 72.6 Å². The number of ether oxygens (including phenoxy) is 1. The first-order chi connectivity index (χ1) is 16.4. The summed E-state index contributed by atoms with van der Waals surface area (Å²) in [7, 11) is 3.41. The molecule has 0 radical (unpaired) electrons. The molecule has 0 aliphatic carbocycles. The lowest BCUT2D eigenvalue weighted by Crippen LogP contribution is -2.45. The smallest absolute Gasteiger partial charge is 0.330 e. The zero-order valence-corrected chi connectivity index (χ0v) is 19.6. The van der Waals surface area contributed by atoms with Gasteiger partial charge in [-0.25, -0.2) is 4.79 Å². The van der Waals surface area contributed by atoms with Gasteiger partial charge in [0.25, 0.3) is 5.56 Å². The molecule has 0 unspecified atom stereocenters. The van der Waals surface area contributed by atoms with Crippen LogP contribution in [0.15, 0.2) is 70.3 Å². The number of hydrogen-bond donors (Lipinski definition) is 2. The Morgan fingerprint density at radius 1 is 1.03 bits per heavy atom. The summed E-state index contributed by atoms with van der Waals surface area (Å²) in [6.45, 7) is 1.44. The van der Waals surface area contributed by atoms with Crippen LogP contribution < -0.4 is 21.9 Å². The second-order valence-corrected chi connectivity index (χ2v) is 8.11. The number of carbonyl (C=O) groups excluding carboxylic acids is 1. The number of methoxy groups -OCH3 is 1. The van der Waals surface area contributed by atoms with Gasteiger partial charge in [-0.3, -0.25) is 24.0 Å². The monoisotopic (exact) mass is 465 g/mol. The van der Waals surface area contributed by atoms with Crippen molar-refractivity contribution in [1.29, 1.82) is 0 Å². The van der Waals surface area contributed by atoms with Crippen LogP contribution in [0.1, 0.15) is 17.5 Å². The van der Waals surface area contributed by atoms with Crippen molar-refractivity contribution in [2.45, 2.75) is 19.5 Å². The Balaban J connectivity index is 1.91. The van der Waals surface area contributed by atoms with E-state index in [1.165, 1.54) is 9.47 Å². The van der Waals surface area contributed by atoms with Crippen LogP contribution in [0.5, 0.6) is 0 Å². The minimum atomic E-state index is -0.691. The topological polar surface area (TPSA) is 114 Å². The summed E-state index contributed by atoms with van der Waals surface area (Å²) >= 11 is 0. The second kappa shape index (κ2) is 12.0. The Morgan fingerprint density at radius 3 is 2.26 bits per heavy atom. The minimum Gasteiger partial charge on any atom is -0.385 e. The van der Waals surface area contributed by atoms with E-state index in [0.717, 1.165) is 11.1 Å². The summed E-state index contributed by atoms with van der Waals surface area (Å²) in [5, 5.41) is 0. The first kappa shape index (κ1) is 24.9. The molecule has 0 aliphatic rings. The van der Waals surface area contributed by atoms with Crippen molar-refractivity contribution in [3.8, 4) is 0 Å². The number of likely N-dealkylation sites (N-methyl/N-ethyl adjacent to an activating group) is 1. The van der Waals surface area contributed by atoms with Crippen molar-refractivity contribution in [3.63, 3.8) is 0 Å². The van der Waals surface area contributed by atoms with E-state index in [9.17, 15) is 14.4 Å². The highest BCUT2D eigenvalue weighted by Crippen LogP contribution is 2.19. The first-order valence-electron chi connectivity index (χ1n) is 11.1. The maximum absolute atomic E-state index is 13.3. The lowest BCUT2D eigenvalue weighted by molar-refractivity contribution is -0.119. The molecule has 0 fully saturated rings. The molecular weight excluding hydrogens is 434 g/mol. The number of nitrogens with zero attached hydrogens (tertiary/aromatic N) is 3. The van der Waals surface area contributed by atoms with Crippen molar-refractivity contribution in [3.05, 3.63) is 92.6 Å². The van der Waals surface area contributed by atoms with Gasteiger partial charge >= 0.3 is 5.69 Å². The molecule has 0 saturated carbocycles. The van der Waals surface area contributed by atoms with Crippen molar-refractivity contribution in [2.24, 2.45) is 0 Å². The fraction of sp³-hybridized carbons (Fsp3) is 0.320. The number of hydrogen-bond acceptors (Lipinski definition) is 6. The Morgan fingerprint density at radius 2 is 1.65 bits per heavy atom. The number of rotatable bonds is 11. The van der Waals surface area contributed by atoms with Gasteiger partial charge in [0.15, 0.2) is 5.69 Å². The molecule has 1 heterocycles. The van der Waals surface area contributed by atoms with Gasteiger partial charge in [0, 0.05) is 26.8 Å². The maximum atomic E-state index is 13.3. The molecule has 180 valence electrons. The average Bonchev–Trinajstić information content (AvgIpc) is 2.82. The molecule has 0 aliphatic heterocycles. The number of benzene rings is 2. The van der Waals surface area contributed by atoms with Gasteiger partial charge < -0.3 is 15.4 Å². The number of H-pyrrole nitrogens is 1. The number of anilines is 2. The molecule has 0 bridgehead atoms. The fourth-order valence-electron chi connectivity index (χ4n) is 3.76. The number of amides is 1. The minimum absolute atomic E-state index is 0.0234. The van der Waals surface area contributed by atoms with E-state index in [0.29, 0.717) is 19.6 Å². The summed E-state index contributed by atoms with van der Waals surface area (Å²) in [6, 6.07) is 19.1. The van der Waals surface area contributed by atoms with Gasteiger partial charge in [-0.1, -0.05) is 60.7 Å². The number of aromatic nitrogens is 2. The molecule has 34 heavy (non-hydrogen) atoms. The summed E-state index contributed by atoms with van der Waals surface area (Å²) in [6.07, 6.45) is 0.501. The maximum Gasteiger partial charge on any atom is 0.330 e. The van der Waals surface area contributed by atoms with Crippen LogP contribution in [0.2, 0.25) is 0 Å². The summed E-state index contributed by atoms with van der Waals surface area (Å²) in [5.41, 5.74) is 6.90. The van der Waals surface area contributed by atoms with Crippen LogP contribution in [0.25, 0.3) is 0 Å². The van der Waals surface area contributed by atoms with Gasteiger partial charge in [-0.2, -0.15) is 0 Å². The number of carbonyl (C=O) groups is 1. The van der Waals surface area contributed by atoms with E-state index < -0.39 is 11.2 Å². The molecule has 0 saturated heterocycles. The second-order valence-electron chi connectivity index (χ2n) is 8.11. The lowest BCUT2D eigenvalue weighted by atomic mass is 10.2. The van der Waals surface area contributed by atoms with Gasteiger partial charge in [0.2, 0.25) is 5.91 Å². The van der Waals surface area contributed by atoms with Crippen LogP contribution in [-0.4, -0.2) is 54.2 Å². The van der Waals surface area contributed by atoms with Gasteiger partial charge in [-0.05, 0) is 24.6 Å². The summed E-state index contributed by atoms with van der Waals surface area (Å²) < 4.78 is 6.40. The zero-order chi connectivity index (χ0) is 24.5. The SMILES string of the molecule is COCCCN(C(=O)CN(C)Cc1ccccc1)c1c(N)n(Cc2ccccc2)c(=O)[nH]c1=O. The van der Waals surface area contributed by atoms with Gasteiger partial charge in [-0.15, -0.1) is 0 Å². The molecule has 0 atom stereocenters. The van der Waals surface area contributed by atoms with E-state index in [1.54, 1.807) is 7.11 Å². The molecule has 9 heteroatoms. The number of nitrogens with one attached hydrogen (secondary N) is 1. The molecule has 3 N–H and O–H groups in total. The standard InChI is InChI=1S/C25H31N5O4/c1-28(16-19-10-5-3-6-11-19)18-21(31)29(14-9-15-34-2)22-23(26)30(25(33)27-24(22)32)17-20-12-7-4-8-13-20/h3-8,10-13H,9,14-18,26H2,1-2H3,(H,27,32,33). The number of aromatic amines is 1. The lowest BCUT2D eigenvalue weighted by Gasteiger charge is -2.27. The predicted molar refractivity (Wildman–Crippen MR) is 133 cm³/mol. The first-order valence-corrected chi connectivity index (χ1v) is 11.1. The van der Waals surface area contributed by atoms with Gasteiger partial charge in [0.1, 0.15) is 5.82 Å². The molecule has 1 aromatic heterocycles. The largest absolute Gasteiger partial charge is 0.385 e. The van der Waals surface area contributed by atoms with Crippen molar-refractivity contribution >= 4 is 17.4 Å². The third-order valence-electron chi connectivity index (χ3n) is 5.40. The van der Waals surface area contributed by atoms with Crippen LogP contribution in [0.4, 0.5) is 11.5 Å². The van der Waals surface area contributed by atoms with Crippen LogP contribution in [0, 0.1) is 0 Å². The van der Waals surface area contributed by atoms with Gasteiger partial charge in [0.05, 0.1) is 13.1 Å². The highest BCUT2D eigenvalue weighted by Gasteiger charge is 2.25. The summed E-state index contributed by atoms with van der Waals surface area (Å²) in [4.78, 5) is 44.3. The molecule has 3 rings (SSSR count). The quantitative estimate of drug-likeness (QED) is 0.417. The number of nitrogens with two attached hydrogens (primary N) is 1. The van der Waals surface area contributed by atoms with Crippen LogP contribution >= 0.6 is 0 Å². The van der Waals surface area contributed by atoms with Crippen molar-refractivity contribution in [2.75, 3.05) is 44.5 Å².